The Morgan fingerprint density at radius 3 is 2.88 bits per heavy atom. The van der Waals surface area contributed by atoms with Crippen molar-refractivity contribution in [3.05, 3.63) is 45.3 Å². The number of carbonyl (C=O) groups excluding carboxylic acids is 2. The van der Waals surface area contributed by atoms with Crippen molar-refractivity contribution in [3.8, 4) is 0 Å². The van der Waals surface area contributed by atoms with E-state index in [1.54, 1.807) is 28.0 Å². The summed E-state index contributed by atoms with van der Waals surface area (Å²) in [5.41, 5.74) is 0.684. The van der Waals surface area contributed by atoms with Crippen LogP contribution in [-0.4, -0.2) is 53.7 Å². The van der Waals surface area contributed by atoms with E-state index < -0.39 is 5.37 Å². The summed E-state index contributed by atoms with van der Waals surface area (Å²) in [6, 6.07) is 4.76. The van der Waals surface area contributed by atoms with Gasteiger partial charge in [-0.15, -0.1) is 11.8 Å². The second kappa shape index (κ2) is 6.85. The van der Waals surface area contributed by atoms with Gasteiger partial charge in [0.05, 0.1) is 16.7 Å². The van der Waals surface area contributed by atoms with E-state index in [9.17, 15) is 14.4 Å². The van der Waals surface area contributed by atoms with Gasteiger partial charge in [-0.05, 0) is 18.2 Å². The number of fused-ring (bicyclic) bond motifs is 1. The van der Waals surface area contributed by atoms with Crippen LogP contribution in [0, 0.1) is 0 Å². The Hall–Kier alpha value is -2.19. The monoisotopic (exact) mass is 393 g/mol. The zero-order valence-corrected chi connectivity index (χ0v) is 15.3. The van der Waals surface area contributed by atoms with Gasteiger partial charge in [0.1, 0.15) is 17.2 Å². The van der Waals surface area contributed by atoms with Crippen LogP contribution in [-0.2, 0) is 4.79 Å². The van der Waals surface area contributed by atoms with Gasteiger partial charge in [0.15, 0.2) is 5.43 Å². The van der Waals surface area contributed by atoms with Crippen LogP contribution in [0.15, 0.2) is 33.7 Å². The van der Waals surface area contributed by atoms with Gasteiger partial charge >= 0.3 is 6.03 Å². The summed E-state index contributed by atoms with van der Waals surface area (Å²) in [7, 11) is 0. The minimum atomic E-state index is -0.423. The van der Waals surface area contributed by atoms with E-state index in [2.05, 4.69) is 5.32 Å². The maximum absolute atomic E-state index is 12.9. The van der Waals surface area contributed by atoms with Crippen molar-refractivity contribution in [1.29, 1.82) is 0 Å². The second-order valence-electron chi connectivity index (χ2n) is 6.13. The zero-order valence-electron chi connectivity index (χ0n) is 13.7. The van der Waals surface area contributed by atoms with Crippen LogP contribution in [0.25, 0.3) is 11.0 Å². The number of halogens is 1. The van der Waals surface area contributed by atoms with E-state index >= 15 is 0 Å². The highest BCUT2D eigenvalue weighted by Crippen LogP contribution is 2.37. The molecule has 1 N–H and O–H groups in total. The smallest absolute Gasteiger partial charge is 0.317 e. The molecule has 2 saturated heterocycles. The molecular weight excluding hydrogens is 378 g/mol. The molecule has 0 bridgehead atoms. The van der Waals surface area contributed by atoms with Crippen molar-refractivity contribution in [1.82, 2.24) is 15.1 Å². The first-order valence-electron chi connectivity index (χ1n) is 8.19. The lowest BCUT2D eigenvalue weighted by atomic mass is 10.1. The van der Waals surface area contributed by atoms with E-state index in [1.165, 1.54) is 18.0 Å². The number of urea groups is 1. The molecule has 2 aromatic rings. The maximum Gasteiger partial charge on any atom is 0.317 e. The summed E-state index contributed by atoms with van der Waals surface area (Å²) in [5, 5.41) is 3.16. The standard InChI is InChI=1S/C17H16ClN3O4S/c18-10-1-2-13-11(7-10)15(23)12(8-25-13)16-21(14(22)9-26-16)6-5-20-4-3-19-17(20)24/h1-2,7-8,16H,3-6,9H2,(H,19,24). The Balaban J connectivity index is 1.62. The van der Waals surface area contributed by atoms with Gasteiger partial charge in [-0.3, -0.25) is 9.59 Å². The third kappa shape index (κ3) is 3.03. The van der Waals surface area contributed by atoms with Crippen molar-refractivity contribution in [2.75, 3.05) is 31.9 Å². The quantitative estimate of drug-likeness (QED) is 0.859. The number of carbonyl (C=O) groups is 2. The average Bonchev–Trinajstić information content (AvgIpc) is 3.19. The molecule has 2 aliphatic heterocycles. The molecule has 2 fully saturated rings. The lowest BCUT2D eigenvalue weighted by Gasteiger charge is -2.25. The van der Waals surface area contributed by atoms with Gasteiger partial charge < -0.3 is 19.5 Å². The lowest BCUT2D eigenvalue weighted by molar-refractivity contribution is -0.128. The molecule has 1 aromatic carbocycles. The largest absolute Gasteiger partial charge is 0.464 e. The Kier molecular flexibility index (Phi) is 4.54. The predicted octanol–water partition coefficient (Wildman–Crippen LogP) is 2.05. The molecule has 3 amide bonds. The first-order chi connectivity index (χ1) is 12.5. The zero-order chi connectivity index (χ0) is 18.3. The Morgan fingerprint density at radius 1 is 1.27 bits per heavy atom. The van der Waals surface area contributed by atoms with E-state index in [0.717, 1.165) is 0 Å². The first-order valence-corrected chi connectivity index (χ1v) is 9.62. The fraction of sp³-hybridized carbons (Fsp3) is 0.353. The minimum Gasteiger partial charge on any atom is -0.464 e. The second-order valence-corrected chi connectivity index (χ2v) is 7.64. The molecule has 1 aromatic heterocycles. The Bertz CT molecular complexity index is 947. The number of nitrogens with zero attached hydrogens (tertiary/aromatic N) is 2. The number of rotatable bonds is 4. The van der Waals surface area contributed by atoms with Crippen molar-refractivity contribution < 1.29 is 14.0 Å². The fourth-order valence-electron chi connectivity index (χ4n) is 3.20. The highest BCUT2D eigenvalue weighted by Gasteiger charge is 2.35. The van der Waals surface area contributed by atoms with E-state index in [4.69, 9.17) is 16.0 Å². The van der Waals surface area contributed by atoms with Crippen LogP contribution >= 0.6 is 23.4 Å². The summed E-state index contributed by atoms with van der Waals surface area (Å²) in [4.78, 5) is 40.2. The SMILES string of the molecule is O=C1NCCN1CCN1C(=O)CSC1c1coc2ccc(Cl)cc2c1=O. The number of nitrogens with one attached hydrogen (secondary N) is 1. The van der Waals surface area contributed by atoms with Crippen molar-refractivity contribution in [2.45, 2.75) is 5.37 Å². The van der Waals surface area contributed by atoms with Gasteiger partial charge in [0.2, 0.25) is 5.91 Å². The summed E-state index contributed by atoms with van der Waals surface area (Å²) in [6.45, 7) is 2.03. The van der Waals surface area contributed by atoms with Crippen LogP contribution < -0.4 is 10.7 Å². The minimum absolute atomic E-state index is 0.0507. The number of benzene rings is 1. The Morgan fingerprint density at radius 2 is 2.12 bits per heavy atom. The summed E-state index contributed by atoms with van der Waals surface area (Å²) < 4.78 is 5.59. The molecule has 2 aliphatic rings. The summed E-state index contributed by atoms with van der Waals surface area (Å²) in [6.07, 6.45) is 1.42. The molecular formula is C17H16ClN3O4S. The predicted molar refractivity (Wildman–Crippen MR) is 99.4 cm³/mol. The third-order valence-electron chi connectivity index (χ3n) is 4.55. The van der Waals surface area contributed by atoms with E-state index in [1.807, 2.05) is 0 Å². The van der Waals surface area contributed by atoms with E-state index in [0.29, 0.717) is 53.5 Å². The van der Waals surface area contributed by atoms with Gasteiger partial charge in [0, 0.05) is 31.2 Å². The van der Waals surface area contributed by atoms with Gasteiger partial charge in [-0.25, -0.2) is 4.79 Å². The van der Waals surface area contributed by atoms with Crippen molar-refractivity contribution in [2.24, 2.45) is 0 Å². The Labute approximate surface area is 158 Å². The van der Waals surface area contributed by atoms with Crippen molar-refractivity contribution >= 4 is 46.3 Å². The van der Waals surface area contributed by atoms with Gasteiger partial charge in [0.25, 0.3) is 0 Å². The normalized spacial score (nSPS) is 20.3. The average molecular weight is 394 g/mol. The molecule has 26 heavy (non-hydrogen) atoms. The highest BCUT2D eigenvalue weighted by atomic mass is 35.5. The van der Waals surface area contributed by atoms with Crippen LogP contribution in [0.5, 0.6) is 0 Å². The topological polar surface area (TPSA) is 82.9 Å². The molecule has 1 atom stereocenters. The van der Waals surface area contributed by atoms with Crippen molar-refractivity contribution in [3.63, 3.8) is 0 Å². The molecule has 7 nitrogen and oxygen atoms in total. The van der Waals surface area contributed by atoms with Crippen LogP contribution in [0.2, 0.25) is 5.02 Å². The summed E-state index contributed by atoms with van der Waals surface area (Å²) >= 11 is 7.38. The third-order valence-corrected chi connectivity index (χ3v) is 6.02. The molecule has 1 unspecified atom stereocenters. The number of amides is 3. The van der Waals surface area contributed by atoms with Gasteiger partial charge in [-0.1, -0.05) is 11.6 Å². The number of hydrogen-bond acceptors (Lipinski definition) is 5. The summed E-state index contributed by atoms with van der Waals surface area (Å²) in [5.74, 6) is 0.245. The highest BCUT2D eigenvalue weighted by molar-refractivity contribution is 8.00. The van der Waals surface area contributed by atoms with Gasteiger partial charge in [-0.2, -0.15) is 0 Å². The van der Waals surface area contributed by atoms with E-state index in [-0.39, 0.29) is 17.4 Å². The molecule has 0 aliphatic carbocycles. The molecule has 3 heterocycles. The first kappa shape index (κ1) is 17.2. The molecule has 0 radical (unpaired) electrons. The number of thioether (sulfide) groups is 1. The molecule has 9 heteroatoms. The maximum atomic E-state index is 12.9. The van der Waals surface area contributed by atoms with Crippen LogP contribution in [0.1, 0.15) is 10.9 Å². The number of hydrogen-bond donors (Lipinski definition) is 1. The van der Waals surface area contributed by atoms with Crippen LogP contribution in [0.3, 0.4) is 0 Å². The molecule has 0 spiro atoms. The molecule has 0 saturated carbocycles. The molecule has 4 rings (SSSR count). The molecule has 136 valence electrons. The lowest BCUT2D eigenvalue weighted by Crippen LogP contribution is -2.39. The fourth-order valence-corrected chi connectivity index (χ4v) is 4.58. The van der Waals surface area contributed by atoms with Crippen LogP contribution in [0.4, 0.5) is 4.79 Å².